The number of carbonyl (C=O) groups is 1. The summed E-state index contributed by atoms with van der Waals surface area (Å²) in [7, 11) is 0. The van der Waals surface area contributed by atoms with Crippen molar-refractivity contribution in [2.45, 2.75) is 52.7 Å². The number of aliphatic hydroxyl groups is 1. The van der Waals surface area contributed by atoms with Gasteiger partial charge in [0, 0.05) is 12.6 Å². The molecule has 0 aliphatic heterocycles. The van der Waals surface area contributed by atoms with E-state index in [0.717, 1.165) is 12.8 Å². The third-order valence-electron chi connectivity index (χ3n) is 2.54. The molecule has 2 atom stereocenters. The van der Waals surface area contributed by atoms with Crippen LogP contribution in [0.3, 0.4) is 0 Å². The summed E-state index contributed by atoms with van der Waals surface area (Å²) in [6.45, 7) is 8.75. The van der Waals surface area contributed by atoms with Crippen LogP contribution < -0.4 is 10.6 Å². The van der Waals surface area contributed by atoms with E-state index in [0.29, 0.717) is 6.54 Å². The molecule has 4 heteroatoms. The molecule has 0 saturated heterocycles. The topological polar surface area (TPSA) is 61.4 Å². The van der Waals surface area contributed by atoms with Gasteiger partial charge in [-0.1, -0.05) is 27.2 Å². The zero-order valence-corrected chi connectivity index (χ0v) is 10.9. The molecule has 16 heavy (non-hydrogen) atoms. The van der Waals surface area contributed by atoms with Crippen molar-refractivity contribution in [3.05, 3.63) is 0 Å². The minimum atomic E-state index is -0.388. The SMILES string of the molecule is CCCC(C)NC(=O)CNCC(O)C(C)C. The Morgan fingerprint density at radius 3 is 2.44 bits per heavy atom. The van der Waals surface area contributed by atoms with Crippen molar-refractivity contribution in [2.75, 3.05) is 13.1 Å². The fraction of sp³-hybridized carbons (Fsp3) is 0.917. The first-order valence-electron chi connectivity index (χ1n) is 6.15. The van der Waals surface area contributed by atoms with Crippen LogP contribution in [0, 0.1) is 5.92 Å². The second-order valence-corrected chi connectivity index (χ2v) is 4.70. The molecule has 4 nitrogen and oxygen atoms in total. The van der Waals surface area contributed by atoms with Gasteiger partial charge in [0.25, 0.3) is 0 Å². The second-order valence-electron chi connectivity index (χ2n) is 4.70. The Kier molecular flexibility index (Phi) is 8.21. The summed E-state index contributed by atoms with van der Waals surface area (Å²) in [4.78, 5) is 11.4. The van der Waals surface area contributed by atoms with Gasteiger partial charge in [0.05, 0.1) is 12.6 Å². The number of nitrogens with one attached hydrogen (secondary N) is 2. The minimum absolute atomic E-state index is 0.00286. The summed E-state index contributed by atoms with van der Waals surface area (Å²) in [5.74, 6) is 0.214. The van der Waals surface area contributed by atoms with E-state index in [1.807, 2.05) is 20.8 Å². The zero-order chi connectivity index (χ0) is 12.6. The van der Waals surface area contributed by atoms with Crippen molar-refractivity contribution < 1.29 is 9.90 Å². The van der Waals surface area contributed by atoms with E-state index in [4.69, 9.17) is 0 Å². The maximum absolute atomic E-state index is 11.4. The van der Waals surface area contributed by atoms with Gasteiger partial charge >= 0.3 is 0 Å². The average molecular weight is 230 g/mol. The van der Waals surface area contributed by atoms with Gasteiger partial charge in [-0.2, -0.15) is 0 Å². The quantitative estimate of drug-likeness (QED) is 0.580. The highest BCUT2D eigenvalue weighted by atomic mass is 16.3. The molecule has 0 aliphatic rings. The lowest BCUT2D eigenvalue weighted by molar-refractivity contribution is -0.120. The van der Waals surface area contributed by atoms with Gasteiger partial charge in [-0.15, -0.1) is 0 Å². The van der Waals surface area contributed by atoms with Gasteiger partial charge in [-0.05, 0) is 19.3 Å². The Morgan fingerprint density at radius 2 is 1.94 bits per heavy atom. The van der Waals surface area contributed by atoms with Crippen LogP contribution in [0.25, 0.3) is 0 Å². The smallest absolute Gasteiger partial charge is 0.234 e. The Morgan fingerprint density at radius 1 is 1.31 bits per heavy atom. The number of aliphatic hydroxyl groups excluding tert-OH is 1. The Labute approximate surface area is 98.8 Å². The highest BCUT2D eigenvalue weighted by Crippen LogP contribution is 1.98. The molecule has 0 spiro atoms. The molecule has 0 aromatic heterocycles. The van der Waals surface area contributed by atoms with Crippen LogP contribution in [0.1, 0.15) is 40.5 Å². The van der Waals surface area contributed by atoms with Gasteiger partial charge < -0.3 is 15.7 Å². The molecule has 0 aromatic carbocycles. The van der Waals surface area contributed by atoms with E-state index in [2.05, 4.69) is 17.6 Å². The van der Waals surface area contributed by atoms with Crippen LogP contribution >= 0.6 is 0 Å². The van der Waals surface area contributed by atoms with Gasteiger partial charge in [0.2, 0.25) is 5.91 Å². The highest BCUT2D eigenvalue weighted by molar-refractivity contribution is 5.78. The van der Waals surface area contributed by atoms with Crippen molar-refractivity contribution in [3.8, 4) is 0 Å². The molecule has 0 radical (unpaired) electrons. The maximum atomic E-state index is 11.4. The van der Waals surface area contributed by atoms with Gasteiger partial charge in [0.15, 0.2) is 0 Å². The van der Waals surface area contributed by atoms with Crippen molar-refractivity contribution in [1.82, 2.24) is 10.6 Å². The largest absolute Gasteiger partial charge is 0.392 e. The summed E-state index contributed by atoms with van der Waals surface area (Å²) in [6, 6.07) is 0.231. The van der Waals surface area contributed by atoms with E-state index in [1.165, 1.54) is 0 Å². The first-order chi connectivity index (χ1) is 7.47. The number of hydrogen-bond donors (Lipinski definition) is 3. The van der Waals surface area contributed by atoms with E-state index in [9.17, 15) is 9.90 Å². The number of carbonyl (C=O) groups excluding carboxylic acids is 1. The second kappa shape index (κ2) is 8.53. The zero-order valence-electron chi connectivity index (χ0n) is 10.9. The first kappa shape index (κ1) is 15.4. The predicted molar refractivity (Wildman–Crippen MR) is 66.2 cm³/mol. The number of hydrogen-bond acceptors (Lipinski definition) is 3. The summed E-state index contributed by atoms with van der Waals surface area (Å²) < 4.78 is 0. The van der Waals surface area contributed by atoms with Crippen LogP contribution in [0.4, 0.5) is 0 Å². The fourth-order valence-electron chi connectivity index (χ4n) is 1.40. The van der Waals surface area contributed by atoms with Gasteiger partial charge in [0.1, 0.15) is 0 Å². The van der Waals surface area contributed by atoms with Crippen LogP contribution in [0.5, 0.6) is 0 Å². The van der Waals surface area contributed by atoms with E-state index < -0.39 is 0 Å². The molecule has 0 aliphatic carbocycles. The van der Waals surface area contributed by atoms with Gasteiger partial charge in [-0.25, -0.2) is 0 Å². The Hall–Kier alpha value is -0.610. The molecular weight excluding hydrogens is 204 g/mol. The van der Waals surface area contributed by atoms with Crippen LogP contribution in [-0.2, 0) is 4.79 Å². The standard InChI is InChI=1S/C12H26N2O2/c1-5-6-10(4)14-12(16)8-13-7-11(15)9(2)3/h9-11,13,15H,5-8H2,1-4H3,(H,14,16). The normalized spacial score (nSPS) is 14.9. The summed E-state index contributed by atoms with van der Waals surface area (Å²) in [5.41, 5.74) is 0. The molecule has 0 aromatic rings. The maximum Gasteiger partial charge on any atom is 0.234 e. The van der Waals surface area contributed by atoms with Crippen molar-refractivity contribution in [1.29, 1.82) is 0 Å². The molecule has 2 unspecified atom stereocenters. The van der Waals surface area contributed by atoms with Gasteiger partial charge in [-0.3, -0.25) is 4.79 Å². The summed E-state index contributed by atoms with van der Waals surface area (Å²) in [6.07, 6.45) is 1.68. The fourth-order valence-corrected chi connectivity index (χ4v) is 1.40. The first-order valence-corrected chi connectivity index (χ1v) is 6.15. The van der Waals surface area contributed by atoms with Crippen molar-refractivity contribution in [2.24, 2.45) is 5.92 Å². The molecule has 0 bridgehead atoms. The van der Waals surface area contributed by atoms with Crippen molar-refractivity contribution >= 4 is 5.91 Å². The highest BCUT2D eigenvalue weighted by Gasteiger charge is 2.10. The molecule has 0 rings (SSSR count). The summed E-state index contributed by atoms with van der Waals surface area (Å²) in [5, 5.41) is 15.4. The molecule has 0 fully saturated rings. The average Bonchev–Trinajstić information content (AvgIpc) is 2.17. The summed E-state index contributed by atoms with van der Waals surface area (Å²) >= 11 is 0. The minimum Gasteiger partial charge on any atom is -0.392 e. The van der Waals surface area contributed by atoms with Crippen LogP contribution in [0.2, 0.25) is 0 Å². The van der Waals surface area contributed by atoms with Crippen LogP contribution in [0.15, 0.2) is 0 Å². The van der Waals surface area contributed by atoms with E-state index in [1.54, 1.807) is 0 Å². The van der Waals surface area contributed by atoms with Crippen molar-refractivity contribution in [3.63, 3.8) is 0 Å². The third kappa shape index (κ3) is 7.65. The third-order valence-corrected chi connectivity index (χ3v) is 2.54. The molecule has 3 N–H and O–H groups in total. The number of amides is 1. The lowest BCUT2D eigenvalue weighted by Crippen LogP contribution is -2.41. The lowest BCUT2D eigenvalue weighted by atomic mass is 10.1. The van der Waals surface area contributed by atoms with E-state index in [-0.39, 0.29) is 30.5 Å². The molecule has 0 heterocycles. The van der Waals surface area contributed by atoms with Crippen LogP contribution in [-0.4, -0.2) is 36.2 Å². The molecule has 0 saturated carbocycles. The monoisotopic (exact) mass is 230 g/mol. The number of rotatable bonds is 8. The molecule has 1 amide bonds. The van der Waals surface area contributed by atoms with E-state index >= 15 is 0 Å². The predicted octanol–water partition coefficient (Wildman–Crippen LogP) is 0.898. The molecular formula is C12H26N2O2. The lowest BCUT2D eigenvalue weighted by Gasteiger charge is -2.16. The Bertz CT molecular complexity index is 195. The molecule has 96 valence electrons. The Balaban J connectivity index is 3.58.